The van der Waals surface area contributed by atoms with Gasteiger partial charge in [0.2, 0.25) is 5.78 Å². The molecule has 2 heterocycles. The van der Waals surface area contributed by atoms with Crippen LogP contribution in [0.5, 0.6) is 5.75 Å². The molecule has 0 aliphatic carbocycles. The number of nitrogens with zero attached hydrogens (tertiary/aromatic N) is 2. The van der Waals surface area contributed by atoms with Crippen molar-refractivity contribution in [2.24, 2.45) is 0 Å². The van der Waals surface area contributed by atoms with Gasteiger partial charge in [-0.25, -0.2) is 0 Å². The fourth-order valence-electron chi connectivity index (χ4n) is 3.91. The summed E-state index contributed by atoms with van der Waals surface area (Å²) in [5, 5.41) is 10.7. The van der Waals surface area contributed by atoms with Crippen LogP contribution in [0, 0.1) is 0 Å². The van der Waals surface area contributed by atoms with Gasteiger partial charge in [0.05, 0.1) is 17.9 Å². The highest BCUT2D eigenvalue weighted by Crippen LogP contribution is 2.39. The van der Waals surface area contributed by atoms with Crippen LogP contribution in [0.3, 0.4) is 0 Å². The smallest absolute Gasteiger partial charge is 0.290 e. The van der Waals surface area contributed by atoms with Crippen LogP contribution < -0.4 is 4.74 Å². The largest absolute Gasteiger partial charge is 0.503 e. The molecule has 7 heteroatoms. The van der Waals surface area contributed by atoms with Crippen LogP contribution in [-0.4, -0.2) is 59.4 Å². The second kappa shape index (κ2) is 10.8. The lowest BCUT2D eigenvalue weighted by Crippen LogP contribution is -2.34. The molecule has 0 saturated carbocycles. The van der Waals surface area contributed by atoms with Crippen molar-refractivity contribution < 1.29 is 23.8 Å². The van der Waals surface area contributed by atoms with E-state index in [1.54, 1.807) is 29.2 Å². The molecule has 7 nitrogen and oxygen atoms in total. The monoisotopic (exact) mass is 438 g/mol. The average Bonchev–Trinajstić information content (AvgIpc) is 3.43. The molecule has 1 N–H and O–H groups in total. The maximum Gasteiger partial charge on any atom is 0.290 e. The lowest BCUT2D eigenvalue weighted by atomic mass is 9.95. The molecule has 0 radical (unpaired) electrons. The standard InChI is InChI=1S/C25H30N2O5/c1-4-16-31-19-12-10-18(11-13-19)22-21(23(28)20-9-7-17-32-20)24(29)25(30)27(22)15-8-14-26(5-2)6-3/h4,7,9-13,17,22,29H,1,5-6,8,14-16H2,2-3H3/t22-/m0/s1. The zero-order valence-corrected chi connectivity index (χ0v) is 18.6. The van der Waals surface area contributed by atoms with Gasteiger partial charge in [0.25, 0.3) is 5.91 Å². The van der Waals surface area contributed by atoms with Crippen molar-refractivity contribution >= 4 is 11.7 Å². The molecule has 0 unspecified atom stereocenters. The minimum absolute atomic E-state index is 0.0348. The van der Waals surface area contributed by atoms with Crippen molar-refractivity contribution in [3.63, 3.8) is 0 Å². The van der Waals surface area contributed by atoms with Crippen LogP contribution in [0.4, 0.5) is 0 Å². The normalized spacial score (nSPS) is 16.2. The third-order valence-electron chi connectivity index (χ3n) is 5.62. The van der Waals surface area contributed by atoms with Crippen molar-refractivity contribution in [2.45, 2.75) is 26.3 Å². The second-order valence-electron chi connectivity index (χ2n) is 7.52. The number of aliphatic hydroxyl groups excluding tert-OH is 1. The first-order chi connectivity index (χ1) is 15.5. The Labute approximate surface area is 188 Å². The highest BCUT2D eigenvalue weighted by Gasteiger charge is 2.44. The Balaban J connectivity index is 1.91. The Morgan fingerprint density at radius 2 is 1.97 bits per heavy atom. The number of Topliss-reactive ketones (excluding diaryl/α,β-unsaturated/α-hetero) is 1. The van der Waals surface area contributed by atoms with E-state index in [0.717, 1.165) is 26.1 Å². The summed E-state index contributed by atoms with van der Waals surface area (Å²) in [6, 6.07) is 9.60. The van der Waals surface area contributed by atoms with E-state index in [2.05, 4.69) is 25.3 Å². The molecule has 0 spiro atoms. The Hall–Kier alpha value is -3.32. The highest BCUT2D eigenvalue weighted by molar-refractivity contribution is 6.15. The van der Waals surface area contributed by atoms with Gasteiger partial charge in [-0.3, -0.25) is 9.59 Å². The Bertz CT molecular complexity index is 959. The molecule has 2 aromatic rings. The minimum atomic E-state index is -0.703. The maximum atomic E-state index is 13.1. The molecular weight excluding hydrogens is 408 g/mol. The van der Waals surface area contributed by atoms with Crippen molar-refractivity contribution in [1.29, 1.82) is 0 Å². The third-order valence-corrected chi connectivity index (χ3v) is 5.62. The van der Waals surface area contributed by atoms with E-state index in [0.29, 0.717) is 24.5 Å². The zero-order valence-electron chi connectivity index (χ0n) is 18.6. The molecule has 1 amide bonds. The van der Waals surface area contributed by atoms with E-state index in [1.807, 2.05) is 12.1 Å². The van der Waals surface area contributed by atoms with Crippen LogP contribution in [-0.2, 0) is 4.79 Å². The zero-order chi connectivity index (χ0) is 23.1. The maximum absolute atomic E-state index is 13.1. The molecule has 0 bridgehead atoms. The van der Waals surface area contributed by atoms with Gasteiger partial charge in [-0.2, -0.15) is 0 Å². The van der Waals surface area contributed by atoms with Crippen LogP contribution in [0.1, 0.15) is 42.4 Å². The SMILES string of the molecule is C=CCOc1ccc([C@H]2C(C(=O)c3ccco3)=C(O)C(=O)N2CCCN(CC)CC)cc1. The van der Waals surface area contributed by atoms with Gasteiger partial charge in [-0.15, -0.1) is 0 Å². The third kappa shape index (κ3) is 4.94. The Kier molecular flexibility index (Phi) is 7.89. The number of ether oxygens (including phenoxy) is 1. The van der Waals surface area contributed by atoms with Gasteiger partial charge in [-0.05, 0) is 55.9 Å². The molecule has 1 aliphatic rings. The lowest BCUT2D eigenvalue weighted by molar-refractivity contribution is -0.129. The van der Waals surface area contributed by atoms with Crippen LogP contribution in [0.15, 0.2) is 71.1 Å². The summed E-state index contributed by atoms with van der Waals surface area (Å²) in [7, 11) is 0. The van der Waals surface area contributed by atoms with Crippen molar-refractivity contribution in [3.8, 4) is 5.75 Å². The summed E-state index contributed by atoms with van der Waals surface area (Å²) in [4.78, 5) is 30.0. The number of carbonyl (C=O) groups excluding carboxylic acids is 2. The number of amides is 1. The second-order valence-corrected chi connectivity index (χ2v) is 7.52. The molecule has 1 atom stereocenters. The van der Waals surface area contributed by atoms with Crippen molar-refractivity contribution in [1.82, 2.24) is 9.80 Å². The summed E-state index contributed by atoms with van der Waals surface area (Å²) in [6.45, 7) is 11.3. The van der Waals surface area contributed by atoms with E-state index >= 15 is 0 Å². The van der Waals surface area contributed by atoms with E-state index < -0.39 is 23.5 Å². The average molecular weight is 439 g/mol. The lowest BCUT2D eigenvalue weighted by Gasteiger charge is -2.28. The Morgan fingerprint density at radius 3 is 2.56 bits per heavy atom. The first kappa shape index (κ1) is 23.3. The number of carbonyl (C=O) groups is 2. The number of hydrogen-bond acceptors (Lipinski definition) is 6. The predicted molar refractivity (Wildman–Crippen MR) is 122 cm³/mol. The number of rotatable bonds is 12. The molecule has 1 aromatic heterocycles. The quantitative estimate of drug-likeness (QED) is 0.396. The minimum Gasteiger partial charge on any atom is -0.503 e. The highest BCUT2D eigenvalue weighted by atomic mass is 16.5. The van der Waals surface area contributed by atoms with E-state index in [9.17, 15) is 14.7 Å². The van der Waals surface area contributed by atoms with Gasteiger partial charge >= 0.3 is 0 Å². The Morgan fingerprint density at radius 1 is 1.25 bits per heavy atom. The predicted octanol–water partition coefficient (Wildman–Crippen LogP) is 4.15. The van der Waals surface area contributed by atoms with E-state index in [4.69, 9.17) is 9.15 Å². The number of ketones is 1. The van der Waals surface area contributed by atoms with Gasteiger partial charge in [0, 0.05) is 6.54 Å². The van der Waals surface area contributed by atoms with Crippen molar-refractivity contribution in [3.05, 3.63) is 78.0 Å². The van der Waals surface area contributed by atoms with Gasteiger partial charge in [-0.1, -0.05) is 38.6 Å². The molecule has 1 aromatic carbocycles. The summed E-state index contributed by atoms with van der Waals surface area (Å²) >= 11 is 0. The van der Waals surface area contributed by atoms with Crippen LogP contribution >= 0.6 is 0 Å². The van der Waals surface area contributed by atoms with Gasteiger partial charge in [0.1, 0.15) is 12.4 Å². The van der Waals surface area contributed by atoms with Gasteiger partial charge < -0.3 is 24.1 Å². The molecular formula is C25H30N2O5. The van der Waals surface area contributed by atoms with Gasteiger partial charge in [0.15, 0.2) is 11.5 Å². The molecule has 32 heavy (non-hydrogen) atoms. The fraction of sp³-hybridized carbons (Fsp3) is 0.360. The molecule has 0 fully saturated rings. The van der Waals surface area contributed by atoms with E-state index in [-0.39, 0.29) is 11.3 Å². The summed E-state index contributed by atoms with van der Waals surface area (Å²) in [5.41, 5.74) is 0.749. The molecule has 0 saturated heterocycles. The molecule has 3 rings (SSSR count). The summed E-state index contributed by atoms with van der Waals surface area (Å²) in [6.07, 6.45) is 3.77. The topological polar surface area (TPSA) is 83.2 Å². The molecule has 1 aliphatic heterocycles. The first-order valence-corrected chi connectivity index (χ1v) is 10.9. The van der Waals surface area contributed by atoms with E-state index in [1.165, 1.54) is 12.3 Å². The number of furan rings is 1. The summed E-state index contributed by atoms with van der Waals surface area (Å²) < 4.78 is 10.8. The number of benzene rings is 1. The summed E-state index contributed by atoms with van der Waals surface area (Å²) in [5.74, 6) is -0.829. The van der Waals surface area contributed by atoms with Crippen LogP contribution in [0.2, 0.25) is 0 Å². The van der Waals surface area contributed by atoms with Crippen molar-refractivity contribution in [2.75, 3.05) is 32.8 Å². The number of aliphatic hydroxyl groups is 1. The van der Waals surface area contributed by atoms with Crippen LogP contribution in [0.25, 0.3) is 0 Å². The molecule has 170 valence electrons. The number of hydrogen-bond donors (Lipinski definition) is 1. The first-order valence-electron chi connectivity index (χ1n) is 10.9. The fourth-order valence-corrected chi connectivity index (χ4v) is 3.91.